The third-order valence-corrected chi connectivity index (χ3v) is 4.24. The first-order valence-corrected chi connectivity index (χ1v) is 7.40. The highest BCUT2D eigenvalue weighted by Gasteiger charge is 2.06. The van der Waals surface area contributed by atoms with Crippen molar-refractivity contribution >= 4 is 21.8 Å². The molecule has 0 aliphatic carbocycles. The smallest absolute Gasteiger partial charge is 0.258 e. The van der Waals surface area contributed by atoms with Crippen LogP contribution in [0.1, 0.15) is 16.7 Å². The summed E-state index contributed by atoms with van der Waals surface area (Å²) in [6, 6.07) is 7.57. The Kier molecular flexibility index (Phi) is 5.33. The average Bonchev–Trinajstić information content (AvgIpc) is 2.49. The Morgan fingerprint density at radius 3 is 2.67 bits per heavy atom. The number of nitrogens with zero attached hydrogens (tertiary/aromatic N) is 1. The fourth-order valence-electron chi connectivity index (χ4n) is 1.89. The number of aromatic nitrogens is 1. The van der Waals surface area contributed by atoms with E-state index in [0.29, 0.717) is 12.3 Å². The van der Waals surface area contributed by atoms with Gasteiger partial charge < -0.3 is 10.1 Å². The summed E-state index contributed by atoms with van der Waals surface area (Å²) in [5.74, 6) is 0.543. The highest BCUT2D eigenvalue weighted by Crippen LogP contribution is 2.26. The minimum absolute atomic E-state index is 0.000768. The van der Waals surface area contributed by atoms with Crippen LogP contribution in [0.2, 0.25) is 0 Å². The van der Waals surface area contributed by atoms with Gasteiger partial charge in [0.2, 0.25) is 0 Å². The molecule has 0 radical (unpaired) electrons. The van der Waals surface area contributed by atoms with Gasteiger partial charge in [0, 0.05) is 23.4 Å². The zero-order valence-electron chi connectivity index (χ0n) is 12.0. The molecule has 0 bridgehead atoms. The molecule has 5 heteroatoms. The van der Waals surface area contributed by atoms with Crippen LogP contribution in [0, 0.1) is 13.8 Å². The highest BCUT2D eigenvalue weighted by atomic mass is 79.9. The van der Waals surface area contributed by atoms with Crippen LogP contribution < -0.4 is 10.1 Å². The van der Waals surface area contributed by atoms with Crippen LogP contribution >= 0.6 is 15.9 Å². The third kappa shape index (κ3) is 4.56. The summed E-state index contributed by atoms with van der Waals surface area (Å²) in [5, 5.41) is 2.80. The van der Waals surface area contributed by atoms with E-state index in [1.807, 2.05) is 38.1 Å². The Morgan fingerprint density at radius 2 is 2.05 bits per heavy atom. The SMILES string of the molecule is Cc1cc(OCC(=O)NCc2cccnc2)cc(C)c1Br. The number of benzene rings is 1. The monoisotopic (exact) mass is 348 g/mol. The molecule has 0 spiro atoms. The summed E-state index contributed by atoms with van der Waals surface area (Å²) in [7, 11) is 0. The molecule has 0 atom stereocenters. The Hall–Kier alpha value is -1.88. The maximum Gasteiger partial charge on any atom is 0.258 e. The molecule has 2 rings (SSSR count). The predicted octanol–water partition coefficient (Wildman–Crippen LogP) is 3.16. The van der Waals surface area contributed by atoms with E-state index in [1.165, 1.54) is 0 Å². The van der Waals surface area contributed by atoms with E-state index in [1.54, 1.807) is 12.4 Å². The summed E-state index contributed by atoms with van der Waals surface area (Å²) in [5.41, 5.74) is 3.13. The number of amides is 1. The van der Waals surface area contributed by atoms with Gasteiger partial charge in [0.1, 0.15) is 5.75 Å². The van der Waals surface area contributed by atoms with Crippen molar-refractivity contribution in [3.05, 3.63) is 57.8 Å². The van der Waals surface area contributed by atoms with Gasteiger partial charge in [0.05, 0.1) is 0 Å². The molecule has 0 aliphatic rings. The second kappa shape index (κ2) is 7.22. The molecule has 1 aromatic carbocycles. The number of nitrogens with one attached hydrogen (secondary N) is 1. The zero-order valence-corrected chi connectivity index (χ0v) is 13.6. The van der Waals surface area contributed by atoms with Crippen molar-refractivity contribution in [3.8, 4) is 5.75 Å². The highest BCUT2D eigenvalue weighted by molar-refractivity contribution is 9.10. The van der Waals surface area contributed by atoms with Crippen LogP contribution in [0.3, 0.4) is 0 Å². The van der Waals surface area contributed by atoms with Crippen molar-refractivity contribution in [2.75, 3.05) is 6.61 Å². The van der Waals surface area contributed by atoms with Gasteiger partial charge in [-0.15, -0.1) is 0 Å². The van der Waals surface area contributed by atoms with Crippen molar-refractivity contribution in [2.24, 2.45) is 0 Å². The van der Waals surface area contributed by atoms with Gasteiger partial charge in [-0.2, -0.15) is 0 Å². The maximum atomic E-state index is 11.8. The number of ether oxygens (including phenoxy) is 1. The van der Waals surface area contributed by atoms with Gasteiger partial charge in [-0.1, -0.05) is 22.0 Å². The molecule has 0 aliphatic heterocycles. The molecule has 1 amide bonds. The number of hydrogen-bond donors (Lipinski definition) is 1. The summed E-state index contributed by atoms with van der Waals surface area (Å²) >= 11 is 3.50. The minimum atomic E-state index is -0.155. The van der Waals surface area contributed by atoms with E-state index in [9.17, 15) is 4.79 Å². The van der Waals surface area contributed by atoms with Gasteiger partial charge >= 0.3 is 0 Å². The first kappa shape index (κ1) is 15.5. The second-order valence-electron chi connectivity index (χ2n) is 4.80. The van der Waals surface area contributed by atoms with E-state index in [-0.39, 0.29) is 12.5 Å². The van der Waals surface area contributed by atoms with Gasteiger partial charge in [0.25, 0.3) is 5.91 Å². The Labute approximate surface area is 132 Å². The minimum Gasteiger partial charge on any atom is -0.484 e. The van der Waals surface area contributed by atoms with Gasteiger partial charge in [-0.05, 0) is 48.7 Å². The number of hydrogen-bond acceptors (Lipinski definition) is 3. The van der Waals surface area contributed by atoms with Crippen LogP contribution in [0.4, 0.5) is 0 Å². The topological polar surface area (TPSA) is 51.2 Å². The Bertz CT molecular complexity index is 606. The molecule has 1 N–H and O–H groups in total. The molecule has 110 valence electrons. The summed E-state index contributed by atoms with van der Waals surface area (Å²) in [6.07, 6.45) is 3.43. The summed E-state index contributed by atoms with van der Waals surface area (Å²) in [6.45, 7) is 4.44. The number of carbonyl (C=O) groups is 1. The third-order valence-electron chi connectivity index (χ3n) is 2.99. The second-order valence-corrected chi connectivity index (χ2v) is 5.59. The van der Waals surface area contributed by atoms with Crippen LogP contribution in [-0.4, -0.2) is 17.5 Å². The van der Waals surface area contributed by atoms with Crippen LogP contribution in [-0.2, 0) is 11.3 Å². The van der Waals surface area contributed by atoms with E-state index < -0.39 is 0 Å². The summed E-state index contributed by atoms with van der Waals surface area (Å²) < 4.78 is 6.59. The molecule has 2 aromatic rings. The molecule has 1 aromatic heterocycles. The molecule has 1 heterocycles. The van der Waals surface area contributed by atoms with Gasteiger partial charge in [0.15, 0.2) is 6.61 Å². The molecule has 0 fully saturated rings. The number of pyridine rings is 1. The first-order valence-electron chi connectivity index (χ1n) is 6.61. The molecule has 0 saturated heterocycles. The fraction of sp³-hybridized carbons (Fsp3) is 0.250. The molecular formula is C16H17BrN2O2. The van der Waals surface area contributed by atoms with Gasteiger partial charge in [-0.25, -0.2) is 0 Å². The number of rotatable bonds is 5. The zero-order chi connectivity index (χ0) is 15.2. The fourth-order valence-corrected chi connectivity index (χ4v) is 2.12. The molecule has 21 heavy (non-hydrogen) atoms. The van der Waals surface area contributed by atoms with Crippen molar-refractivity contribution in [1.82, 2.24) is 10.3 Å². The number of halogens is 1. The van der Waals surface area contributed by atoms with Gasteiger partial charge in [-0.3, -0.25) is 9.78 Å². The predicted molar refractivity (Wildman–Crippen MR) is 85.2 cm³/mol. The number of aryl methyl sites for hydroxylation is 2. The first-order chi connectivity index (χ1) is 10.1. The largest absolute Gasteiger partial charge is 0.484 e. The van der Waals surface area contributed by atoms with E-state index in [0.717, 1.165) is 21.2 Å². The maximum absolute atomic E-state index is 11.8. The summed E-state index contributed by atoms with van der Waals surface area (Å²) in [4.78, 5) is 15.8. The molecule has 0 saturated carbocycles. The van der Waals surface area contributed by atoms with E-state index in [2.05, 4.69) is 26.2 Å². The normalized spacial score (nSPS) is 10.2. The lowest BCUT2D eigenvalue weighted by atomic mass is 10.1. The van der Waals surface area contributed by atoms with Crippen molar-refractivity contribution in [3.63, 3.8) is 0 Å². The molecule has 4 nitrogen and oxygen atoms in total. The average molecular weight is 349 g/mol. The lowest BCUT2D eigenvalue weighted by Gasteiger charge is -2.10. The van der Waals surface area contributed by atoms with Crippen molar-refractivity contribution in [1.29, 1.82) is 0 Å². The Morgan fingerprint density at radius 1 is 1.33 bits per heavy atom. The lowest BCUT2D eigenvalue weighted by Crippen LogP contribution is -2.28. The quantitative estimate of drug-likeness (QED) is 0.902. The van der Waals surface area contributed by atoms with Crippen molar-refractivity contribution < 1.29 is 9.53 Å². The Balaban J connectivity index is 1.84. The lowest BCUT2D eigenvalue weighted by molar-refractivity contribution is -0.123. The standard InChI is InChI=1S/C16H17BrN2O2/c1-11-6-14(7-12(2)16(11)17)21-10-15(20)19-9-13-4-3-5-18-8-13/h3-8H,9-10H2,1-2H3,(H,19,20). The number of carbonyl (C=O) groups excluding carboxylic acids is 1. The van der Waals surface area contributed by atoms with E-state index in [4.69, 9.17) is 4.74 Å². The van der Waals surface area contributed by atoms with Crippen molar-refractivity contribution in [2.45, 2.75) is 20.4 Å². The van der Waals surface area contributed by atoms with E-state index >= 15 is 0 Å². The van der Waals surface area contributed by atoms with Crippen LogP contribution in [0.5, 0.6) is 5.75 Å². The van der Waals surface area contributed by atoms with Crippen LogP contribution in [0.25, 0.3) is 0 Å². The molecule has 0 unspecified atom stereocenters. The molecular weight excluding hydrogens is 332 g/mol. The van der Waals surface area contributed by atoms with Crippen LogP contribution in [0.15, 0.2) is 41.1 Å².